The van der Waals surface area contributed by atoms with Crippen LogP contribution in [0.1, 0.15) is 38.1 Å². The summed E-state index contributed by atoms with van der Waals surface area (Å²) in [7, 11) is 1.61. The Balaban J connectivity index is 1.38. The number of aromatic nitrogens is 2. The molecule has 4 rings (SSSR count). The van der Waals surface area contributed by atoms with Gasteiger partial charge in [0.15, 0.2) is 11.5 Å². The third-order valence-electron chi connectivity index (χ3n) is 6.22. The maximum atomic E-state index is 12.9. The molecule has 1 aromatic heterocycles. The number of ether oxygens (including phenoxy) is 2. The average molecular weight is 514 g/mol. The lowest BCUT2D eigenvalue weighted by molar-refractivity contribution is 0.102. The van der Waals surface area contributed by atoms with Gasteiger partial charge in [-0.2, -0.15) is 0 Å². The molecule has 8 nitrogen and oxygen atoms in total. The molecule has 2 N–H and O–H groups in total. The molecule has 0 unspecified atom stereocenters. The minimum absolute atomic E-state index is 0.219. The van der Waals surface area contributed by atoms with E-state index in [0.29, 0.717) is 47.3 Å². The number of fused-ring (bicyclic) bond motifs is 1. The first kappa shape index (κ1) is 26.9. The predicted octanol–water partition coefficient (Wildman–Crippen LogP) is 6.13. The molecule has 0 spiro atoms. The summed E-state index contributed by atoms with van der Waals surface area (Å²) in [5.74, 6) is 1.63. The molecule has 0 saturated heterocycles. The van der Waals surface area contributed by atoms with E-state index in [1.807, 2.05) is 36.4 Å². The number of para-hydroxylation sites is 2. The van der Waals surface area contributed by atoms with Gasteiger partial charge in [0.1, 0.15) is 12.4 Å². The Hall–Kier alpha value is -4.17. The van der Waals surface area contributed by atoms with Gasteiger partial charge in [0.2, 0.25) is 0 Å². The van der Waals surface area contributed by atoms with E-state index in [-0.39, 0.29) is 5.91 Å². The highest BCUT2D eigenvalue weighted by atomic mass is 16.5. The SMILES string of the molecule is COc1ccc(NC(=O)c2ccc(Nc3cnc4ccccc4n3)cc2)cc1OCCN(C(C)C)C(C)C. The molecule has 0 atom stereocenters. The number of methoxy groups -OCH3 is 1. The van der Waals surface area contributed by atoms with Crippen molar-refractivity contribution in [3.8, 4) is 11.5 Å². The second-order valence-electron chi connectivity index (χ2n) is 9.54. The molecule has 4 aromatic rings. The van der Waals surface area contributed by atoms with Crippen molar-refractivity contribution in [2.24, 2.45) is 0 Å². The number of carbonyl (C=O) groups is 1. The van der Waals surface area contributed by atoms with Gasteiger partial charge in [-0.05, 0) is 76.2 Å². The lowest BCUT2D eigenvalue weighted by Crippen LogP contribution is -2.39. The highest BCUT2D eigenvalue weighted by molar-refractivity contribution is 6.04. The summed E-state index contributed by atoms with van der Waals surface area (Å²) in [6, 6.07) is 21.1. The second kappa shape index (κ2) is 12.4. The van der Waals surface area contributed by atoms with Crippen LogP contribution in [0, 0.1) is 0 Å². The quantitative estimate of drug-likeness (QED) is 0.249. The monoisotopic (exact) mass is 513 g/mol. The molecule has 0 saturated carbocycles. The topological polar surface area (TPSA) is 88.6 Å². The van der Waals surface area contributed by atoms with E-state index in [0.717, 1.165) is 23.3 Å². The standard InChI is InChI=1S/C30H35N5O3/c1-20(2)35(21(3)4)16-17-38-28-18-24(14-15-27(28)37-5)33-30(36)22-10-12-23(13-11-22)32-29-19-31-25-8-6-7-9-26(25)34-29/h6-15,18-21H,16-17H2,1-5H3,(H,32,34)(H,33,36). The second-order valence-corrected chi connectivity index (χ2v) is 9.54. The summed E-state index contributed by atoms with van der Waals surface area (Å²) in [6.07, 6.45) is 1.69. The molecule has 0 bridgehead atoms. The first-order chi connectivity index (χ1) is 18.3. The Morgan fingerprint density at radius 2 is 1.58 bits per heavy atom. The lowest BCUT2D eigenvalue weighted by atomic mass is 10.2. The van der Waals surface area contributed by atoms with E-state index in [1.165, 1.54) is 0 Å². The van der Waals surface area contributed by atoms with Gasteiger partial charge in [-0.3, -0.25) is 14.7 Å². The Morgan fingerprint density at radius 1 is 0.895 bits per heavy atom. The normalized spacial score (nSPS) is 11.3. The van der Waals surface area contributed by atoms with Crippen LogP contribution in [0.3, 0.4) is 0 Å². The van der Waals surface area contributed by atoms with Crippen molar-refractivity contribution >= 4 is 34.1 Å². The van der Waals surface area contributed by atoms with Crippen LogP contribution in [0.25, 0.3) is 11.0 Å². The number of nitrogens with zero attached hydrogens (tertiary/aromatic N) is 3. The van der Waals surface area contributed by atoms with Gasteiger partial charge in [-0.25, -0.2) is 4.98 Å². The van der Waals surface area contributed by atoms with Crippen molar-refractivity contribution in [1.82, 2.24) is 14.9 Å². The van der Waals surface area contributed by atoms with Crippen LogP contribution < -0.4 is 20.1 Å². The van der Waals surface area contributed by atoms with Gasteiger partial charge in [0.25, 0.3) is 5.91 Å². The number of anilines is 3. The van der Waals surface area contributed by atoms with E-state index < -0.39 is 0 Å². The molecule has 0 aliphatic heterocycles. The van der Waals surface area contributed by atoms with E-state index in [4.69, 9.17) is 9.47 Å². The Kier molecular flexibility index (Phi) is 8.76. The highest BCUT2D eigenvalue weighted by Gasteiger charge is 2.15. The number of hydrogen-bond acceptors (Lipinski definition) is 7. The number of nitrogens with one attached hydrogen (secondary N) is 2. The summed E-state index contributed by atoms with van der Waals surface area (Å²) in [5.41, 5.74) is 3.62. The zero-order valence-corrected chi connectivity index (χ0v) is 22.6. The van der Waals surface area contributed by atoms with Crippen molar-refractivity contribution in [2.45, 2.75) is 39.8 Å². The molecule has 3 aromatic carbocycles. The fraction of sp³-hybridized carbons (Fsp3) is 0.300. The molecule has 0 radical (unpaired) electrons. The highest BCUT2D eigenvalue weighted by Crippen LogP contribution is 2.30. The van der Waals surface area contributed by atoms with Crippen LogP contribution in [0.5, 0.6) is 11.5 Å². The summed E-state index contributed by atoms with van der Waals surface area (Å²) >= 11 is 0. The number of carbonyl (C=O) groups excluding carboxylic acids is 1. The molecular weight excluding hydrogens is 478 g/mol. The smallest absolute Gasteiger partial charge is 0.255 e. The molecule has 0 aliphatic carbocycles. The summed E-state index contributed by atoms with van der Waals surface area (Å²) in [6.45, 7) is 10.0. The predicted molar refractivity (Wildman–Crippen MR) is 153 cm³/mol. The van der Waals surface area contributed by atoms with Crippen LogP contribution in [0.2, 0.25) is 0 Å². The maximum absolute atomic E-state index is 12.9. The summed E-state index contributed by atoms with van der Waals surface area (Å²) in [4.78, 5) is 24.3. The Bertz CT molecular complexity index is 1360. The minimum Gasteiger partial charge on any atom is -0.493 e. The van der Waals surface area contributed by atoms with Crippen LogP contribution in [0.15, 0.2) is 72.9 Å². The first-order valence-electron chi connectivity index (χ1n) is 12.8. The van der Waals surface area contributed by atoms with Crippen molar-refractivity contribution in [1.29, 1.82) is 0 Å². The van der Waals surface area contributed by atoms with Crippen LogP contribution in [-0.4, -0.2) is 53.1 Å². The van der Waals surface area contributed by atoms with Gasteiger partial charge < -0.3 is 20.1 Å². The van der Waals surface area contributed by atoms with Gasteiger partial charge in [0.05, 0.1) is 24.3 Å². The molecule has 38 heavy (non-hydrogen) atoms. The van der Waals surface area contributed by atoms with Gasteiger partial charge in [0, 0.05) is 41.6 Å². The third-order valence-corrected chi connectivity index (χ3v) is 6.22. The number of benzene rings is 3. The average Bonchev–Trinajstić information content (AvgIpc) is 2.91. The van der Waals surface area contributed by atoms with E-state index >= 15 is 0 Å². The number of amides is 1. The molecule has 0 fully saturated rings. The Labute approximate surface area is 224 Å². The van der Waals surface area contributed by atoms with Crippen molar-refractivity contribution in [3.05, 3.63) is 78.5 Å². The lowest BCUT2D eigenvalue weighted by Gasteiger charge is -2.30. The van der Waals surface area contributed by atoms with Gasteiger partial charge >= 0.3 is 0 Å². The maximum Gasteiger partial charge on any atom is 0.255 e. The first-order valence-corrected chi connectivity index (χ1v) is 12.8. The van der Waals surface area contributed by atoms with Crippen molar-refractivity contribution in [3.63, 3.8) is 0 Å². The third kappa shape index (κ3) is 6.77. The van der Waals surface area contributed by atoms with Crippen LogP contribution in [-0.2, 0) is 0 Å². The number of rotatable bonds is 11. The van der Waals surface area contributed by atoms with Crippen LogP contribution >= 0.6 is 0 Å². The molecule has 198 valence electrons. The van der Waals surface area contributed by atoms with E-state index in [1.54, 1.807) is 43.6 Å². The molecule has 1 heterocycles. The fourth-order valence-corrected chi connectivity index (χ4v) is 4.31. The van der Waals surface area contributed by atoms with Crippen LogP contribution in [0.4, 0.5) is 17.2 Å². The molecule has 1 amide bonds. The molecule has 8 heteroatoms. The largest absolute Gasteiger partial charge is 0.493 e. The van der Waals surface area contributed by atoms with E-state index in [9.17, 15) is 4.79 Å². The molecular formula is C30H35N5O3. The summed E-state index contributed by atoms with van der Waals surface area (Å²) in [5, 5.41) is 6.18. The molecule has 0 aliphatic rings. The summed E-state index contributed by atoms with van der Waals surface area (Å²) < 4.78 is 11.5. The fourth-order valence-electron chi connectivity index (χ4n) is 4.31. The Morgan fingerprint density at radius 3 is 2.26 bits per heavy atom. The zero-order valence-electron chi connectivity index (χ0n) is 22.6. The van der Waals surface area contributed by atoms with Gasteiger partial charge in [-0.1, -0.05) is 12.1 Å². The zero-order chi connectivity index (χ0) is 27.1. The number of hydrogen-bond donors (Lipinski definition) is 2. The van der Waals surface area contributed by atoms with Crippen molar-refractivity contribution in [2.75, 3.05) is 30.9 Å². The van der Waals surface area contributed by atoms with E-state index in [2.05, 4.69) is 53.2 Å². The van der Waals surface area contributed by atoms with Gasteiger partial charge in [-0.15, -0.1) is 0 Å². The van der Waals surface area contributed by atoms with Crippen molar-refractivity contribution < 1.29 is 14.3 Å². The minimum atomic E-state index is -0.219.